The van der Waals surface area contributed by atoms with Crippen molar-refractivity contribution in [2.24, 2.45) is 0 Å². The second-order valence-corrected chi connectivity index (χ2v) is 4.07. The Kier molecular flexibility index (Phi) is 3.19. The smallest absolute Gasteiger partial charge is 0.419 e. The van der Waals surface area contributed by atoms with Crippen molar-refractivity contribution in [3.8, 4) is 0 Å². The largest absolute Gasteiger partial charge is 0.481 e. The van der Waals surface area contributed by atoms with E-state index < -0.39 is 11.7 Å². The molecule has 0 fully saturated rings. The summed E-state index contributed by atoms with van der Waals surface area (Å²) >= 11 is 5.83. The first-order valence-electron chi connectivity index (χ1n) is 5.08. The van der Waals surface area contributed by atoms with Crippen molar-refractivity contribution in [1.82, 2.24) is 4.57 Å². The molecule has 0 spiro atoms. The highest BCUT2D eigenvalue weighted by molar-refractivity contribution is 6.31. The number of carboxylic acids is 1. The number of halogens is 1. The minimum absolute atomic E-state index is 0.0136. The summed E-state index contributed by atoms with van der Waals surface area (Å²) in [6.07, 6.45) is 0.385. The molecule has 0 saturated carbocycles. The molecule has 5 nitrogen and oxygen atoms in total. The van der Waals surface area contributed by atoms with Crippen molar-refractivity contribution in [3.63, 3.8) is 0 Å². The number of aryl methyl sites for hydroxylation is 1. The zero-order chi connectivity index (χ0) is 12.4. The van der Waals surface area contributed by atoms with Gasteiger partial charge in [0.15, 0.2) is 5.58 Å². The molecule has 90 valence electrons. The molecule has 1 aromatic heterocycles. The molecule has 0 aliphatic rings. The van der Waals surface area contributed by atoms with E-state index in [1.54, 1.807) is 18.2 Å². The highest BCUT2D eigenvalue weighted by atomic mass is 35.5. The summed E-state index contributed by atoms with van der Waals surface area (Å²) < 4.78 is 6.41. The molecule has 0 radical (unpaired) electrons. The summed E-state index contributed by atoms with van der Waals surface area (Å²) in [5.74, 6) is -1.38. The van der Waals surface area contributed by atoms with Crippen LogP contribution in [-0.4, -0.2) is 15.6 Å². The van der Waals surface area contributed by atoms with Crippen molar-refractivity contribution in [1.29, 1.82) is 0 Å². The summed E-state index contributed by atoms with van der Waals surface area (Å²) in [5.41, 5.74) is 1.04. The first-order valence-corrected chi connectivity index (χ1v) is 5.46. The van der Waals surface area contributed by atoms with Gasteiger partial charge >= 0.3 is 11.7 Å². The minimum atomic E-state index is -0.885. The number of fused-ring (bicyclic) bond motifs is 1. The number of oxazole rings is 1. The molecule has 2 rings (SSSR count). The fourth-order valence-electron chi connectivity index (χ4n) is 1.64. The summed E-state index contributed by atoms with van der Waals surface area (Å²) in [6, 6.07) is 4.88. The van der Waals surface area contributed by atoms with E-state index in [9.17, 15) is 9.59 Å². The zero-order valence-electron chi connectivity index (χ0n) is 8.85. The lowest BCUT2D eigenvalue weighted by molar-refractivity contribution is -0.137. The van der Waals surface area contributed by atoms with Crippen LogP contribution in [0.1, 0.15) is 12.8 Å². The van der Waals surface area contributed by atoms with Gasteiger partial charge in [0, 0.05) is 18.0 Å². The SMILES string of the molecule is O=C(O)CCCn1c(=O)oc2ccc(Cl)cc21. The monoisotopic (exact) mass is 255 g/mol. The topological polar surface area (TPSA) is 72.4 Å². The number of rotatable bonds is 4. The van der Waals surface area contributed by atoms with E-state index >= 15 is 0 Å². The molecule has 1 N–H and O–H groups in total. The van der Waals surface area contributed by atoms with Crippen molar-refractivity contribution >= 4 is 28.7 Å². The van der Waals surface area contributed by atoms with Gasteiger partial charge in [0.25, 0.3) is 0 Å². The molecule has 0 aliphatic carbocycles. The van der Waals surface area contributed by atoms with Gasteiger partial charge in [-0.2, -0.15) is 0 Å². The Bertz CT molecular complexity index is 613. The summed E-state index contributed by atoms with van der Waals surface area (Å²) in [7, 11) is 0. The number of aromatic nitrogens is 1. The Morgan fingerprint density at radius 1 is 1.47 bits per heavy atom. The maximum atomic E-state index is 11.5. The van der Waals surface area contributed by atoms with Gasteiger partial charge in [0.05, 0.1) is 5.52 Å². The van der Waals surface area contributed by atoms with Crippen LogP contribution in [0.4, 0.5) is 0 Å². The molecule has 0 unspecified atom stereocenters. The van der Waals surface area contributed by atoms with Crippen molar-refractivity contribution in [3.05, 3.63) is 33.8 Å². The molecule has 1 heterocycles. The quantitative estimate of drug-likeness (QED) is 0.908. The molecule has 17 heavy (non-hydrogen) atoms. The molecule has 2 aromatic rings. The van der Waals surface area contributed by atoms with Crippen LogP contribution in [0.15, 0.2) is 27.4 Å². The van der Waals surface area contributed by atoms with Crippen LogP contribution in [0, 0.1) is 0 Å². The summed E-state index contributed by atoms with van der Waals surface area (Å²) in [6.45, 7) is 0.304. The van der Waals surface area contributed by atoms with Gasteiger partial charge in [0.2, 0.25) is 0 Å². The number of benzene rings is 1. The van der Waals surface area contributed by atoms with E-state index in [2.05, 4.69) is 0 Å². The van der Waals surface area contributed by atoms with E-state index in [4.69, 9.17) is 21.1 Å². The predicted octanol–water partition coefficient (Wildman–Crippen LogP) is 2.11. The van der Waals surface area contributed by atoms with Gasteiger partial charge in [0.1, 0.15) is 0 Å². The highest BCUT2D eigenvalue weighted by Gasteiger charge is 2.09. The molecule has 0 atom stereocenters. The number of aliphatic carboxylic acids is 1. The molecule has 1 aromatic carbocycles. The predicted molar refractivity (Wildman–Crippen MR) is 62.4 cm³/mol. The third-order valence-electron chi connectivity index (χ3n) is 2.40. The van der Waals surface area contributed by atoms with Gasteiger partial charge in [-0.25, -0.2) is 4.79 Å². The van der Waals surface area contributed by atoms with Gasteiger partial charge in [-0.3, -0.25) is 9.36 Å². The van der Waals surface area contributed by atoms with Crippen LogP contribution in [0.25, 0.3) is 11.1 Å². The molecular weight excluding hydrogens is 246 g/mol. The lowest BCUT2D eigenvalue weighted by Gasteiger charge is -2.00. The van der Waals surface area contributed by atoms with Gasteiger partial charge in [-0.1, -0.05) is 11.6 Å². The van der Waals surface area contributed by atoms with Crippen LogP contribution < -0.4 is 5.76 Å². The van der Waals surface area contributed by atoms with Crippen LogP contribution in [0.3, 0.4) is 0 Å². The Hall–Kier alpha value is -1.75. The second kappa shape index (κ2) is 4.63. The second-order valence-electron chi connectivity index (χ2n) is 3.63. The lowest BCUT2D eigenvalue weighted by Crippen LogP contribution is -2.14. The Labute approximate surface area is 101 Å². The molecule has 0 aliphatic heterocycles. The number of hydrogen-bond acceptors (Lipinski definition) is 3. The van der Waals surface area contributed by atoms with E-state index in [0.29, 0.717) is 29.1 Å². The molecular formula is C11H10ClNO4. The molecule has 0 bridgehead atoms. The minimum Gasteiger partial charge on any atom is -0.481 e. The molecule has 0 amide bonds. The zero-order valence-corrected chi connectivity index (χ0v) is 9.61. The Morgan fingerprint density at radius 3 is 2.94 bits per heavy atom. The maximum absolute atomic E-state index is 11.5. The standard InChI is InChI=1S/C11H10ClNO4/c12-7-3-4-9-8(6-7)13(11(16)17-9)5-1-2-10(14)15/h3-4,6H,1-2,5H2,(H,14,15). The van der Waals surface area contributed by atoms with Crippen LogP contribution in [0.5, 0.6) is 0 Å². The van der Waals surface area contributed by atoms with Gasteiger partial charge in [-0.05, 0) is 24.6 Å². The van der Waals surface area contributed by atoms with E-state index in [0.717, 1.165) is 0 Å². The van der Waals surface area contributed by atoms with Gasteiger partial charge in [-0.15, -0.1) is 0 Å². The Balaban J connectivity index is 2.32. The van der Waals surface area contributed by atoms with E-state index in [1.807, 2.05) is 0 Å². The first-order chi connectivity index (χ1) is 8.08. The molecule has 0 saturated heterocycles. The normalized spacial score (nSPS) is 10.9. The summed E-state index contributed by atoms with van der Waals surface area (Å²) in [4.78, 5) is 21.9. The van der Waals surface area contributed by atoms with Gasteiger partial charge < -0.3 is 9.52 Å². The van der Waals surface area contributed by atoms with Crippen LogP contribution >= 0.6 is 11.6 Å². The average molecular weight is 256 g/mol. The average Bonchev–Trinajstić information content (AvgIpc) is 2.55. The van der Waals surface area contributed by atoms with Crippen molar-refractivity contribution in [2.45, 2.75) is 19.4 Å². The van der Waals surface area contributed by atoms with E-state index in [-0.39, 0.29) is 6.42 Å². The van der Waals surface area contributed by atoms with E-state index in [1.165, 1.54) is 4.57 Å². The van der Waals surface area contributed by atoms with Crippen LogP contribution in [0.2, 0.25) is 5.02 Å². The maximum Gasteiger partial charge on any atom is 0.419 e. The van der Waals surface area contributed by atoms with Crippen LogP contribution in [-0.2, 0) is 11.3 Å². The Morgan fingerprint density at radius 2 is 2.24 bits per heavy atom. The van der Waals surface area contributed by atoms with Crippen molar-refractivity contribution in [2.75, 3.05) is 0 Å². The third-order valence-corrected chi connectivity index (χ3v) is 2.64. The number of nitrogens with zero attached hydrogens (tertiary/aromatic N) is 1. The number of carboxylic acid groups (broad SMARTS) is 1. The van der Waals surface area contributed by atoms with Crippen molar-refractivity contribution < 1.29 is 14.3 Å². The number of hydrogen-bond donors (Lipinski definition) is 1. The molecule has 6 heteroatoms. The highest BCUT2D eigenvalue weighted by Crippen LogP contribution is 2.18. The fourth-order valence-corrected chi connectivity index (χ4v) is 1.80. The first kappa shape index (κ1) is 11.7. The fraction of sp³-hybridized carbons (Fsp3) is 0.273. The summed E-state index contributed by atoms with van der Waals surface area (Å²) in [5, 5.41) is 9.04. The lowest BCUT2D eigenvalue weighted by atomic mass is 10.3. The number of carbonyl (C=O) groups is 1. The third kappa shape index (κ3) is 2.50.